The van der Waals surface area contributed by atoms with E-state index < -0.39 is 30.0 Å². The van der Waals surface area contributed by atoms with Gasteiger partial charge in [0.05, 0.1) is 13.2 Å². The monoisotopic (exact) mass is 303 g/mol. The number of nitrogens with one attached hydrogen (secondary N) is 1. The molecule has 2 unspecified atom stereocenters. The molecule has 2 atom stereocenters. The van der Waals surface area contributed by atoms with Gasteiger partial charge in [0, 0.05) is 6.42 Å². The fourth-order valence-corrected chi connectivity index (χ4v) is 1.39. The topological polar surface area (TPSA) is 102 Å². The molecular formula is C14H25NO6. The average Bonchev–Trinajstić information content (AvgIpc) is 2.46. The Morgan fingerprint density at radius 2 is 1.67 bits per heavy atom. The van der Waals surface area contributed by atoms with E-state index in [4.69, 9.17) is 14.6 Å². The summed E-state index contributed by atoms with van der Waals surface area (Å²) in [4.78, 5) is 34.7. The van der Waals surface area contributed by atoms with Crippen LogP contribution in [0.25, 0.3) is 0 Å². The van der Waals surface area contributed by atoms with Crippen LogP contribution in [0.1, 0.15) is 46.5 Å². The lowest BCUT2D eigenvalue weighted by molar-refractivity contribution is -0.150. The highest BCUT2D eigenvalue weighted by Crippen LogP contribution is 2.04. The molecule has 7 nitrogen and oxygen atoms in total. The van der Waals surface area contributed by atoms with Crippen molar-refractivity contribution < 1.29 is 29.0 Å². The van der Waals surface area contributed by atoms with E-state index in [1.807, 2.05) is 13.8 Å². The molecule has 0 aromatic rings. The van der Waals surface area contributed by atoms with Gasteiger partial charge in [0.15, 0.2) is 0 Å². The van der Waals surface area contributed by atoms with Crippen molar-refractivity contribution in [1.82, 2.24) is 5.32 Å². The molecule has 7 heteroatoms. The highest BCUT2D eigenvalue weighted by molar-refractivity contribution is 5.86. The van der Waals surface area contributed by atoms with Gasteiger partial charge in [-0.15, -0.1) is 0 Å². The van der Waals surface area contributed by atoms with Crippen molar-refractivity contribution >= 4 is 17.8 Å². The molecule has 0 rings (SSSR count). The predicted octanol–water partition coefficient (Wildman–Crippen LogP) is 0.539. The lowest BCUT2D eigenvalue weighted by atomic mass is 10.1. The Balaban J connectivity index is 4.46. The number of aliphatic hydroxyl groups excluding tert-OH is 1. The number of rotatable bonds is 10. The molecule has 0 aromatic heterocycles. The molecule has 0 saturated carbocycles. The lowest BCUT2D eigenvalue weighted by Gasteiger charge is -2.18. The Bertz CT molecular complexity index is 342. The maximum absolute atomic E-state index is 11.8. The van der Waals surface area contributed by atoms with Crippen LogP contribution in [-0.4, -0.2) is 48.3 Å². The molecule has 0 spiro atoms. The highest BCUT2D eigenvalue weighted by Gasteiger charge is 2.24. The van der Waals surface area contributed by atoms with Crippen molar-refractivity contribution in [1.29, 1.82) is 0 Å². The van der Waals surface area contributed by atoms with Gasteiger partial charge in [-0.1, -0.05) is 13.8 Å². The average molecular weight is 303 g/mol. The molecule has 21 heavy (non-hydrogen) atoms. The Kier molecular flexibility index (Phi) is 10.2. The quantitative estimate of drug-likeness (QED) is 0.571. The van der Waals surface area contributed by atoms with Crippen LogP contribution in [0.15, 0.2) is 0 Å². The van der Waals surface area contributed by atoms with E-state index in [1.54, 1.807) is 0 Å². The molecular weight excluding hydrogens is 278 g/mol. The molecule has 0 bridgehead atoms. The van der Waals surface area contributed by atoms with Gasteiger partial charge in [0.2, 0.25) is 5.91 Å². The Labute approximate surface area is 125 Å². The largest absolute Gasteiger partial charge is 0.466 e. The van der Waals surface area contributed by atoms with E-state index in [1.165, 1.54) is 6.92 Å². The fraction of sp³-hybridized carbons (Fsp3) is 0.786. The zero-order valence-electron chi connectivity index (χ0n) is 12.9. The number of carbonyl (C=O) groups is 3. The molecule has 0 radical (unpaired) electrons. The summed E-state index contributed by atoms with van der Waals surface area (Å²) in [5.41, 5.74) is 0. The number of hydrogen-bond acceptors (Lipinski definition) is 6. The zero-order valence-corrected chi connectivity index (χ0v) is 12.9. The van der Waals surface area contributed by atoms with Crippen LogP contribution < -0.4 is 5.32 Å². The van der Waals surface area contributed by atoms with Crippen LogP contribution in [0.3, 0.4) is 0 Å². The first-order valence-corrected chi connectivity index (χ1v) is 7.23. The molecule has 0 heterocycles. The summed E-state index contributed by atoms with van der Waals surface area (Å²) in [6.07, 6.45) is 0.196. The Morgan fingerprint density at radius 3 is 2.19 bits per heavy atom. The smallest absolute Gasteiger partial charge is 0.328 e. The molecule has 1 amide bonds. The summed E-state index contributed by atoms with van der Waals surface area (Å²) in [5, 5.41) is 11.5. The zero-order chi connectivity index (χ0) is 16.3. The number of carbonyl (C=O) groups excluding carboxylic acids is 3. The minimum Gasteiger partial charge on any atom is -0.466 e. The van der Waals surface area contributed by atoms with Crippen LogP contribution in [0.5, 0.6) is 0 Å². The van der Waals surface area contributed by atoms with Gasteiger partial charge in [-0.25, -0.2) is 4.79 Å². The lowest BCUT2D eigenvalue weighted by Crippen LogP contribution is -2.45. The number of ether oxygens (including phenoxy) is 2. The normalized spacial score (nSPS) is 13.1. The summed E-state index contributed by atoms with van der Waals surface area (Å²) in [7, 11) is 0. The van der Waals surface area contributed by atoms with E-state index >= 15 is 0 Å². The third-order valence-electron chi connectivity index (χ3n) is 2.53. The molecule has 0 saturated heterocycles. The van der Waals surface area contributed by atoms with Crippen LogP contribution in [-0.2, 0) is 23.9 Å². The van der Waals surface area contributed by atoms with E-state index in [-0.39, 0.29) is 19.4 Å². The molecule has 0 fully saturated rings. The van der Waals surface area contributed by atoms with Crippen molar-refractivity contribution in [3.8, 4) is 0 Å². The summed E-state index contributed by atoms with van der Waals surface area (Å²) < 4.78 is 9.86. The number of amides is 1. The minimum absolute atomic E-state index is 0.00796. The van der Waals surface area contributed by atoms with Crippen LogP contribution in [0.4, 0.5) is 0 Å². The summed E-state index contributed by atoms with van der Waals surface area (Å²) in [5.74, 6) is -1.74. The van der Waals surface area contributed by atoms with Gasteiger partial charge in [-0.05, 0) is 26.2 Å². The van der Waals surface area contributed by atoms with Gasteiger partial charge in [0.1, 0.15) is 12.1 Å². The van der Waals surface area contributed by atoms with Crippen molar-refractivity contribution in [2.75, 3.05) is 13.2 Å². The fourth-order valence-electron chi connectivity index (χ4n) is 1.39. The third-order valence-corrected chi connectivity index (χ3v) is 2.53. The Hall–Kier alpha value is -1.63. The molecule has 122 valence electrons. The SMILES string of the molecule is CCCOC(=O)CCC(NC(=O)C(C)O)C(=O)OCCC. The summed E-state index contributed by atoms with van der Waals surface area (Å²) >= 11 is 0. The first-order valence-electron chi connectivity index (χ1n) is 7.23. The number of aliphatic hydroxyl groups is 1. The molecule has 0 aromatic carbocycles. The first kappa shape index (κ1) is 19.4. The Morgan fingerprint density at radius 1 is 1.10 bits per heavy atom. The van der Waals surface area contributed by atoms with Crippen LogP contribution >= 0.6 is 0 Å². The maximum Gasteiger partial charge on any atom is 0.328 e. The standard InChI is InChI=1S/C14H25NO6/c1-4-8-20-12(17)7-6-11(14(19)21-9-5-2)15-13(18)10(3)16/h10-11,16H,4-9H2,1-3H3,(H,15,18). The van der Waals surface area contributed by atoms with Gasteiger partial charge in [-0.3, -0.25) is 9.59 Å². The third kappa shape index (κ3) is 9.01. The first-order chi connectivity index (χ1) is 9.92. The maximum atomic E-state index is 11.8. The van der Waals surface area contributed by atoms with E-state index in [0.29, 0.717) is 19.4 Å². The number of hydrogen-bond donors (Lipinski definition) is 2. The second-order valence-electron chi connectivity index (χ2n) is 4.66. The molecule has 0 aliphatic carbocycles. The second kappa shape index (κ2) is 11.1. The summed E-state index contributed by atoms with van der Waals surface area (Å²) in [6, 6.07) is -0.965. The summed E-state index contributed by atoms with van der Waals surface area (Å²) in [6.45, 7) is 5.57. The van der Waals surface area contributed by atoms with Crippen molar-refractivity contribution in [2.45, 2.75) is 58.6 Å². The number of esters is 2. The highest BCUT2D eigenvalue weighted by atomic mass is 16.5. The predicted molar refractivity (Wildman–Crippen MR) is 75.3 cm³/mol. The molecule has 0 aliphatic heterocycles. The molecule has 2 N–H and O–H groups in total. The van der Waals surface area contributed by atoms with E-state index in [2.05, 4.69) is 5.32 Å². The van der Waals surface area contributed by atoms with Crippen LogP contribution in [0.2, 0.25) is 0 Å². The van der Waals surface area contributed by atoms with E-state index in [9.17, 15) is 14.4 Å². The van der Waals surface area contributed by atoms with Crippen molar-refractivity contribution in [3.63, 3.8) is 0 Å². The molecule has 0 aliphatic rings. The van der Waals surface area contributed by atoms with Crippen molar-refractivity contribution in [3.05, 3.63) is 0 Å². The van der Waals surface area contributed by atoms with Gasteiger partial charge in [-0.2, -0.15) is 0 Å². The van der Waals surface area contributed by atoms with Gasteiger partial charge < -0.3 is 19.9 Å². The van der Waals surface area contributed by atoms with Crippen molar-refractivity contribution in [2.24, 2.45) is 0 Å². The minimum atomic E-state index is -1.24. The van der Waals surface area contributed by atoms with Gasteiger partial charge >= 0.3 is 11.9 Å². The van der Waals surface area contributed by atoms with Gasteiger partial charge in [0.25, 0.3) is 0 Å². The second-order valence-corrected chi connectivity index (χ2v) is 4.66. The van der Waals surface area contributed by atoms with Crippen LogP contribution in [0, 0.1) is 0 Å². The van der Waals surface area contributed by atoms with E-state index in [0.717, 1.165) is 0 Å².